The number of rotatable bonds is 43. The van der Waals surface area contributed by atoms with E-state index in [1.165, 1.54) is 57.8 Å². The van der Waals surface area contributed by atoms with Gasteiger partial charge in [0, 0.05) is 19.3 Å². The van der Waals surface area contributed by atoms with Crippen LogP contribution in [0.25, 0.3) is 0 Å². The molecule has 1 heterocycles. The maximum Gasteiger partial charge on any atom is 0.335 e. The number of esters is 3. The molecule has 0 saturated carbocycles. The van der Waals surface area contributed by atoms with Crippen LogP contribution in [0.3, 0.4) is 0 Å². The molecule has 3 N–H and O–H groups in total. The maximum atomic E-state index is 13.0. The minimum atomic E-state index is -1.91. The molecule has 0 amide bonds. The van der Waals surface area contributed by atoms with Gasteiger partial charge in [-0.15, -0.1) is 0 Å². The van der Waals surface area contributed by atoms with Crippen molar-refractivity contribution in [2.75, 3.05) is 13.2 Å². The summed E-state index contributed by atoms with van der Waals surface area (Å²) in [6.45, 7) is 5.76. The Bertz CT molecular complexity index is 1400. The maximum absolute atomic E-state index is 13.0. The quantitative estimate of drug-likeness (QED) is 0.0229. The van der Waals surface area contributed by atoms with E-state index in [9.17, 15) is 34.5 Å². The van der Waals surface area contributed by atoms with Crippen LogP contribution in [0.2, 0.25) is 0 Å². The lowest BCUT2D eigenvalue weighted by Gasteiger charge is -2.40. The van der Waals surface area contributed by atoms with Gasteiger partial charge in [-0.2, -0.15) is 0 Å². The first-order valence-electron chi connectivity index (χ1n) is 26.3. The Morgan fingerprint density at radius 2 is 0.955 bits per heavy atom. The number of hydrogen-bond acceptors (Lipinski definition) is 11. The smallest absolute Gasteiger partial charge is 0.335 e. The summed E-state index contributed by atoms with van der Waals surface area (Å²) in [5.41, 5.74) is 0. The van der Waals surface area contributed by atoms with Crippen LogP contribution >= 0.6 is 0 Å². The van der Waals surface area contributed by atoms with Gasteiger partial charge in [0.15, 0.2) is 24.6 Å². The Morgan fingerprint density at radius 3 is 1.52 bits per heavy atom. The van der Waals surface area contributed by atoms with E-state index >= 15 is 0 Å². The Morgan fingerprint density at radius 1 is 0.507 bits per heavy atom. The number of carboxylic acids is 1. The van der Waals surface area contributed by atoms with Gasteiger partial charge in [0.05, 0.1) is 6.61 Å². The van der Waals surface area contributed by atoms with Gasteiger partial charge in [-0.3, -0.25) is 14.4 Å². The van der Waals surface area contributed by atoms with E-state index < -0.39 is 67.3 Å². The fourth-order valence-corrected chi connectivity index (χ4v) is 7.51. The third-order valence-electron chi connectivity index (χ3n) is 11.6. The Hall–Kier alpha value is -3.58. The van der Waals surface area contributed by atoms with Gasteiger partial charge in [0.25, 0.3) is 0 Å². The van der Waals surface area contributed by atoms with Crippen LogP contribution in [0.15, 0.2) is 60.8 Å². The number of aliphatic carboxylic acids is 1. The van der Waals surface area contributed by atoms with Crippen molar-refractivity contribution in [1.29, 1.82) is 0 Å². The molecule has 0 aromatic carbocycles. The second kappa shape index (κ2) is 43.7. The molecule has 1 aliphatic rings. The van der Waals surface area contributed by atoms with E-state index in [0.29, 0.717) is 19.3 Å². The van der Waals surface area contributed by atoms with Crippen LogP contribution in [0.5, 0.6) is 0 Å². The van der Waals surface area contributed by atoms with Gasteiger partial charge < -0.3 is 39.0 Å². The van der Waals surface area contributed by atoms with E-state index in [1.807, 2.05) is 0 Å². The van der Waals surface area contributed by atoms with Gasteiger partial charge in [-0.25, -0.2) is 4.79 Å². The molecule has 1 aliphatic heterocycles. The van der Waals surface area contributed by atoms with Gasteiger partial charge in [0.1, 0.15) is 18.8 Å². The summed E-state index contributed by atoms with van der Waals surface area (Å²) >= 11 is 0. The van der Waals surface area contributed by atoms with E-state index in [-0.39, 0.29) is 25.9 Å². The summed E-state index contributed by atoms with van der Waals surface area (Å²) in [6.07, 6.45) is 39.3. The van der Waals surface area contributed by atoms with Crippen molar-refractivity contribution in [3.63, 3.8) is 0 Å². The van der Waals surface area contributed by atoms with Crippen LogP contribution in [0.4, 0.5) is 0 Å². The Balaban J connectivity index is 2.76. The van der Waals surface area contributed by atoms with Gasteiger partial charge in [-0.05, 0) is 77.0 Å². The molecule has 0 radical (unpaired) electrons. The van der Waals surface area contributed by atoms with Crippen LogP contribution in [-0.2, 0) is 42.9 Å². The lowest BCUT2D eigenvalue weighted by atomic mass is 9.98. The van der Waals surface area contributed by atoms with E-state index in [4.69, 9.17) is 23.7 Å². The highest BCUT2D eigenvalue weighted by molar-refractivity contribution is 5.74. The first-order valence-corrected chi connectivity index (χ1v) is 26.3. The van der Waals surface area contributed by atoms with Crippen molar-refractivity contribution in [2.24, 2.45) is 0 Å². The zero-order chi connectivity index (χ0) is 49.0. The molecular weight excluding hydrogens is 853 g/mol. The first kappa shape index (κ1) is 61.4. The second-order valence-corrected chi connectivity index (χ2v) is 17.8. The molecular formula is C55H92O12. The summed E-state index contributed by atoms with van der Waals surface area (Å²) in [6, 6.07) is 0. The number of hydrogen-bond donors (Lipinski definition) is 3. The average Bonchev–Trinajstić information content (AvgIpc) is 3.31. The number of unbranched alkanes of at least 4 members (excludes halogenated alkanes) is 19. The molecule has 0 spiro atoms. The van der Waals surface area contributed by atoms with E-state index in [2.05, 4.69) is 81.5 Å². The van der Waals surface area contributed by atoms with Crippen molar-refractivity contribution in [2.45, 2.75) is 250 Å². The lowest BCUT2D eigenvalue weighted by Crippen LogP contribution is -2.61. The highest BCUT2D eigenvalue weighted by Gasteiger charge is 2.50. The summed E-state index contributed by atoms with van der Waals surface area (Å²) < 4.78 is 28.2. The third kappa shape index (κ3) is 34.4. The minimum Gasteiger partial charge on any atom is -0.479 e. The Labute approximate surface area is 405 Å². The largest absolute Gasteiger partial charge is 0.479 e. The van der Waals surface area contributed by atoms with Gasteiger partial charge in [-0.1, -0.05) is 178 Å². The number of aliphatic hydroxyl groups is 2. The molecule has 6 unspecified atom stereocenters. The number of ether oxygens (including phenoxy) is 5. The van der Waals surface area contributed by atoms with Crippen molar-refractivity contribution < 1.29 is 58.2 Å². The molecule has 1 saturated heterocycles. The predicted molar refractivity (Wildman–Crippen MR) is 266 cm³/mol. The molecule has 12 nitrogen and oxygen atoms in total. The van der Waals surface area contributed by atoms with Crippen molar-refractivity contribution in [1.82, 2.24) is 0 Å². The van der Waals surface area contributed by atoms with Crippen LogP contribution in [-0.4, -0.2) is 89.2 Å². The number of carbonyl (C=O) groups is 4. The lowest BCUT2D eigenvalue weighted by molar-refractivity contribution is -0.301. The van der Waals surface area contributed by atoms with Gasteiger partial charge >= 0.3 is 23.9 Å². The van der Waals surface area contributed by atoms with E-state index in [1.54, 1.807) is 0 Å². The van der Waals surface area contributed by atoms with Crippen LogP contribution in [0.1, 0.15) is 213 Å². The molecule has 0 aromatic heterocycles. The standard InChI is InChI=1S/C55H92O12/c1-4-7-10-13-16-19-22-23-24-25-28-29-32-35-38-41-47(56)63-44-46(65-48(57)42-39-36-33-30-26-20-17-14-11-8-5-2)45-64-55-53(51(60)50(59)52(67-55)54(61)62)66-49(58)43-40-37-34-31-27-21-18-15-12-9-6-3/h7,10,15-16,18-19,23-24,28-29,46,50-53,55,59-60H,4-6,8-9,11-14,17,20-22,25-27,30-45H2,1-3H3,(H,61,62)/b10-7-,18-15-,19-16-,24-23-,29-28-. The summed E-state index contributed by atoms with van der Waals surface area (Å²) in [4.78, 5) is 50.8. The highest BCUT2D eigenvalue weighted by Crippen LogP contribution is 2.26. The fraction of sp³-hybridized carbons (Fsp3) is 0.745. The molecule has 0 aliphatic carbocycles. The normalized spacial score (nSPS) is 19.3. The number of allylic oxidation sites excluding steroid dienone is 10. The van der Waals surface area contributed by atoms with Crippen molar-refractivity contribution >= 4 is 23.9 Å². The molecule has 67 heavy (non-hydrogen) atoms. The summed E-state index contributed by atoms with van der Waals surface area (Å²) in [5.74, 6) is -3.19. The average molecular weight is 945 g/mol. The molecule has 384 valence electrons. The van der Waals surface area contributed by atoms with Crippen molar-refractivity contribution in [3.8, 4) is 0 Å². The van der Waals surface area contributed by atoms with Crippen LogP contribution < -0.4 is 0 Å². The highest BCUT2D eigenvalue weighted by atomic mass is 16.7. The molecule has 0 aromatic rings. The predicted octanol–water partition coefficient (Wildman–Crippen LogP) is 12.4. The topological polar surface area (TPSA) is 175 Å². The zero-order valence-electron chi connectivity index (χ0n) is 41.9. The number of carbonyl (C=O) groups excluding carboxylic acids is 3. The zero-order valence-corrected chi connectivity index (χ0v) is 41.9. The second-order valence-electron chi connectivity index (χ2n) is 17.8. The van der Waals surface area contributed by atoms with Gasteiger partial charge in [0.2, 0.25) is 0 Å². The monoisotopic (exact) mass is 945 g/mol. The summed E-state index contributed by atoms with van der Waals surface area (Å²) in [5, 5.41) is 31.3. The van der Waals surface area contributed by atoms with Crippen molar-refractivity contribution in [3.05, 3.63) is 60.8 Å². The van der Waals surface area contributed by atoms with E-state index in [0.717, 1.165) is 96.3 Å². The third-order valence-corrected chi connectivity index (χ3v) is 11.6. The molecule has 12 heteroatoms. The number of carboxylic acid groups (broad SMARTS) is 1. The fourth-order valence-electron chi connectivity index (χ4n) is 7.51. The van der Waals surface area contributed by atoms with Crippen LogP contribution in [0, 0.1) is 0 Å². The Kier molecular flexibility index (Phi) is 40.1. The number of aliphatic hydroxyl groups excluding tert-OH is 2. The molecule has 0 bridgehead atoms. The molecule has 6 atom stereocenters. The summed E-state index contributed by atoms with van der Waals surface area (Å²) in [7, 11) is 0. The molecule has 1 fully saturated rings. The first-order chi connectivity index (χ1) is 32.6. The molecule has 1 rings (SSSR count). The minimum absolute atomic E-state index is 0.0456. The SMILES string of the molecule is CC/C=C\C/C=C\C/C=C\C/C=C\CCCCC(=O)OCC(COC1OC(C(=O)O)C(O)C(O)C1OC(=O)CCCCCCC/C=C\CCCC)OC(=O)CCCCCCCCCCCCC.